The SMILES string of the molecule is C=C1CC(OC(C)C)CCC1Cl. The number of ether oxygens (including phenoxy) is 1. The molecule has 1 saturated carbocycles. The molecular weight excluding hydrogens is 172 g/mol. The summed E-state index contributed by atoms with van der Waals surface area (Å²) in [6, 6.07) is 0. The summed E-state index contributed by atoms with van der Waals surface area (Å²) >= 11 is 6.01. The molecule has 0 radical (unpaired) electrons. The second-order valence-electron chi connectivity index (χ2n) is 3.71. The van der Waals surface area contributed by atoms with Crippen LogP contribution in [0.25, 0.3) is 0 Å². The Kier molecular flexibility index (Phi) is 3.60. The van der Waals surface area contributed by atoms with E-state index in [1.165, 1.54) is 0 Å². The predicted octanol–water partition coefficient (Wildman–Crippen LogP) is 3.13. The second-order valence-corrected chi connectivity index (χ2v) is 4.24. The molecule has 1 aliphatic carbocycles. The summed E-state index contributed by atoms with van der Waals surface area (Å²) in [4.78, 5) is 0. The zero-order chi connectivity index (χ0) is 9.14. The lowest BCUT2D eigenvalue weighted by molar-refractivity contribution is -0.00238. The standard InChI is InChI=1S/C10H17ClO/c1-7(2)12-9-4-5-10(11)8(3)6-9/h7,9-10H,3-6H2,1-2H3. The maximum atomic E-state index is 6.01. The van der Waals surface area contributed by atoms with Crippen LogP contribution >= 0.6 is 11.6 Å². The molecule has 2 unspecified atom stereocenters. The van der Waals surface area contributed by atoms with Gasteiger partial charge in [-0.05, 0) is 33.1 Å². The van der Waals surface area contributed by atoms with Gasteiger partial charge in [0, 0.05) is 0 Å². The fourth-order valence-electron chi connectivity index (χ4n) is 1.56. The van der Waals surface area contributed by atoms with Crippen molar-refractivity contribution in [2.45, 2.75) is 50.7 Å². The Morgan fingerprint density at radius 1 is 1.50 bits per heavy atom. The van der Waals surface area contributed by atoms with Gasteiger partial charge in [-0.25, -0.2) is 0 Å². The molecule has 2 atom stereocenters. The van der Waals surface area contributed by atoms with Gasteiger partial charge in [-0.15, -0.1) is 11.6 Å². The quantitative estimate of drug-likeness (QED) is 0.478. The van der Waals surface area contributed by atoms with Crippen LogP contribution in [-0.4, -0.2) is 17.6 Å². The molecule has 1 fully saturated rings. The molecule has 0 heterocycles. The summed E-state index contributed by atoms with van der Waals surface area (Å²) in [5.41, 5.74) is 1.13. The Balaban J connectivity index is 2.35. The van der Waals surface area contributed by atoms with E-state index in [1.54, 1.807) is 0 Å². The molecule has 0 aromatic carbocycles. The van der Waals surface area contributed by atoms with Crippen LogP contribution in [0.1, 0.15) is 33.1 Å². The fourth-order valence-corrected chi connectivity index (χ4v) is 1.77. The van der Waals surface area contributed by atoms with Crippen molar-refractivity contribution in [3.63, 3.8) is 0 Å². The van der Waals surface area contributed by atoms with Crippen molar-refractivity contribution in [3.05, 3.63) is 12.2 Å². The van der Waals surface area contributed by atoms with Crippen LogP contribution in [0, 0.1) is 0 Å². The van der Waals surface area contributed by atoms with E-state index in [0.717, 1.165) is 24.8 Å². The molecule has 1 nitrogen and oxygen atoms in total. The zero-order valence-corrected chi connectivity index (χ0v) is 8.60. The molecule has 0 aliphatic heterocycles. The van der Waals surface area contributed by atoms with Crippen molar-refractivity contribution in [1.29, 1.82) is 0 Å². The highest BCUT2D eigenvalue weighted by Gasteiger charge is 2.23. The zero-order valence-electron chi connectivity index (χ0n) is 7.85. The van der Waals surface area contributed by atoms with E-state index >= 15 is 0 Å². The first-order valence-electron chi connectivity index (χ1n) is 4.56. The summed E-state index contributed by atoms with van der Waals surface area (Å²) in [6.07, 6.45) is 3.69. The highest BCUT2D eigenvalue weighted by atomic mass is 35.5. The lowest BCUT2D eigenvalue weighted by atomic mass is 9.93. The van der Waals surface area contributed by atoms with Gasteiger partial charge >= 0.3 is 0 Å². The lowest BCUT2D eigenvalue weighted by Gasteiger charge is -2.28. The maximum Gasteiger partial charge on any atom is 0.0616 e. The van der Waals surface area contributed by atoms with Gasteiger partial charge in [-0.2, -0.15) is 0 Å². The van der Waals surface area contributed by atoms with Crippen LogP contribution in [0.5, 0.6) is 0 Å². The van der Waals surface area contributed by atoms with Crippen LogP contribution in [0.4, 0.5) is 0 Å². The van der Waals surface area contributed by atoms with E-state index in [1.807, 2.05) is 0 Å². The minimum Gasteiger partial charge on any atom is -0.375 e. The summed E-state index contributed by atoms with van der Waals surface area (Å²) in [5.74, 6) is 0. The molecule has 1 rings (SSSR count). The third kappa shape index (κ3) is 2.80. The number of rotatable bonds is 2. The molecule has 12 heavy (non-hydrogen) atoms. The molecule has 0 amide bonds. The number of halogens is 1. The molecule has 0 bridgehead atoms. The first-order chi connectivity index (χ1) is 5.59. The molecular formula is C10H17ClO. The highest BCUT2D eigenvalue weighted by molar-refractivity contribution is 6.22. The van der Waals surface area contributed by atoms with Crippen LogP contribution in [0.3, 0.4) is 0 Å². The lowest BCUT2D eigenvalue weighted by Crippen LogP contribution is -2.26. The van der Waals surface area contributed by atoms with Crippen molar-refractivity contribution in [2.24, 2.45) is 0 Å². The normalized spacial score (nSPS) is 31.2. The Hall–Kier alpha value is -0.0100. The van der Waals surface area contributed by atoms with E-state index in [0.29, 0.717) is 12.2 Å². The minimum atomic E-state index is 0.178. The van der Waals surface area contributed by atoms with Gasteiger partial charge in [0.15, 0.2) is 0 Å². The van der Waals surface area contributed by atoms with E-state index < -0.39 is 0 Å². The van der Waals surface area contributed by atoms with Gasteiger partial charge in [0.2, 0.25) is 0 Å². The summed E-state index contributed by atoms with van der Waals surface area (Å²) in [6.45, 7) is 8.07. The number of alkyl halides is 1. The molecule has 2 heteroatoms. The maximum absolute atomic E-state index is 6.01. The smallest absolute Gasteiger partial charge is 0.0616 e. The topological polar surface area (TPSA) is 9.23 Å². The molecule has 1 aliphatic rings. The Morgan fingerprint density at radius 2 is 2.17 bits per heavy atom. The van der Waals surface area contributed by atoms with Crippen molar-refractivity contribution >= 4 is 11.6 Å². The molecule has 0 spiro atoms. The largest absolute Gasteiger partial charge is 0.375 e. The van der Waals surface area contributed by atoms with Gasteiger partial charge in [-0.3, -0.25) is 0 Å². The van der Waals surface area contributed by atoms with Crippen LogP contribution in [0.15, 0.2) is 12.2 Å². The van der Waals surface area contributed by atoms with Crippen LogP contribution in [-0.2, 0) is 4.74 Å². The van der Waals surface area contributed by atoms with Gasteiger partial charge < -0.3 is 4.74 Å². The first kappa shape index (κ1) is 10.1. The van der Waals surface area contributed by atoms with Crippen LogP contribution < -0.4 is 0 Å². The Labute approximate surface area is 79.7 Å². The average molecular weight is 189 g/mol. The average Bonchev–Trinajstić information content (AvgIpc) is 1.96. The van der Waals surface area contributed by atoms with E-state index in [4.69, 9.17) is 16.3 Å². The van der Waals surface area contributed by atoms with Gasteiger partial charge in [-0.1, -0.05) is 12.2 Å². The van der Waals surface area contributed by atoms with E-state index in [9.17, 15) is 0 Å². The van der Waals surface area contributed by atoms with Crippen molar-refractivity contribution in [2.75, 3.05) is 0 Å². The summed E-state index contributed by atoms with van der Waals surface area (Å²) in [5, 5.41) is 0.178. The summed E-state index contributed by atoms with van der Waals surface area (Å²) < 4.78 is 5.69. The van der Waals surface area contributed by atoms with Crippen molar-refractivity contribution in [3.8, 4) is 0 Å². The predicted molar refractivity (Wildman–Crippen MR) is 52.6 cm³/mol. The number of hydrogen-bond donors (Lipinski definition) is 0. The molecule has 0 N–H and O–H groups in total. The first-order valence-corrected chi connectivity index (χ1v) is 5.00. The highest BCUT2D eigenvalue weighted by Crippen LogP contribution is 2.29. The Morgan fingerprint density at radius 3 is 2.67 bits per heavy atom. The van der Waals surface area contributed by atoms with Gasteiger partial charge in [0.1, 0.15) is 0 Å². The number of hydrogen-bond acceptors (Lipinski definition) is 1. The molecule has 70 valence electrons. The van der Waals surface area contributed by atoms with Crippen molar-refractivity contribution < 1.29 is 4.74 Å². The summed E-state index contributed by atoms with van der Waals surface area (Å²) in [7, 11) is 0. The fraction of sp³-hybridized carbons (Fsp3) is 0.800. The monoisotopic (exact) mass is 188 g/mol. The molecule has 0 aromatic heterocycles. The molecule has 0 aromatic rings. The third-order valence-electron chi connectivity index (χ3n) is 2.14. The minimum absolute atomic E-state index is 0.178. The second kappa shape index (κ2) is 4.29. The van der Waals surface area contributed by atoms with Gasteiger partial charge in [0.05, 0.1) is 17.6 Å². The van der Waals surface area contributed by atoms with Crippen LogP contribution in [0.2, 0.25) is 0 Å². The third-order valence-corrected chi connectivity index (χ3v) is 2.67. The van der Waals surface area contributed by atoms with E-state index in [-0.39, 0.29) is 5.38 Å². The van der Waals surface area contributed by atoms with E-state index in [2.05, 4.69) is 20.4 Å². The molecule has 0 saturated heterocycles. The Bertz CT molecular complexity index is 165. The van der Waals surface area contributed by atoms with Gasteiger partial charge in [0.25, 0.3) is 0 Å². The van der Waals surface area contributed by atoms with Crippen molar-refractivity contribution in [1.82, 2.24) is 0 Å².